The van der Waals surface area contributed by atoms with E-state index in [0.717, 1.165) is 0 Å². The van der Waals surface area contributed by atoms with Gasteiger partial charge >= 0.3 is 0 Å². The lowest BCUT2D eigenvalue weighted by Gasteiger charge is -2.13. The molecular formula is C10H10Br2O2. The lowest BCUT2D eigenvalue weighted by molar-refractivity contribution is 0.449. The maximum Gasteiger partial charge on any atom is 0.138 e. The van der Waals surface area contributed by atoms with Crippen molar-refractivity contribution in [2.75, 3.05) is 0 Å². The number of hydrogen-bond acceptors (Lipinski definition) is 2. The van der Waals surface area contributed by atoms with E-state index in [2.05, 4.69) is 38.4 Å². The average molecular weight is 322 g/mol. The highest BCUT2D eigenvalue weighted by molar-refractivity contribution is 9.11. The van der Waals surface area contributed by atoms with E-state index in [-0.39, 0.29) is 11.5 Å². The van der Waals surface area contributed by atoms with Crippen molar-refractivity contribution in [2.24, 2.45) is 0 Å². The van der Waals surface area contributed by atoms with Crippen LogP contribution in [0.25, 0.3) is 5.57 Å². The minimum absolute atomic E-state index is 0.0969. The van der Waals surface area contributed by atoms with Gasteiger partial charge in [-0.05, 0) is 51.3 Å². The summed E-state index contributed by atoms with van der Waals surface area (Å²) >= 11 is 6.44. The molecule has 1 rings (SSSR count). The van der Waals surface area contributed by atoms with Gasteiger partial charge in [0.25, 0.3) is 0 Å². The van der Waals surface area contributed by atoms with Crippen LogP contribution in [0.1, 0.15) is 18.1 Å². The van der Waals surface area contributed by atoms with Crippen molar-refractivity contribution in [3.8, 4) is 11.5 Å². The molecule has 1 aromatic carbocycles. The molecule has 4 heteroatoms. The summed E-state index contributed by atoms with van der Waals surface area (Å²) in [6.07, 6.45) is 0. The summed E-state index contributed by atoms with van der Waals surface area (Å²) in [5.74, 6) is 0.215. The van der Waals surface area contributed by atoms with Crippen LogP contribution in [0.5, 0.6) is 11.5 Å². The maximum atomic E-state index is 9.81. The molecule has 0 bridgehead atoms. The Morgan fingerprint density at radius 3 is 2.07 bits per heavy atom. The van der Waals surface area contributed by atoms with Crippen LogP contribution in [0.4, 0.5) is 0 Å². The van der Waals surface area contributed by atoms with Gasteiger partial charge in [-0.2, -0.15) is 0 Å². The Balaban J connectivity index is 3.68. The molecule has 0 spiro atoms. The summed E-state index contributed by atoms with van der Waals surface area (Å²) in [6, 6.07) is 0. The standard InChI is InChI=1S/C10H10Br2O2/c1-4(2)6-8(12)9(13)5(3)7(11)10(6)14/h13-14H,1H2,2-3H3. The molecule has 0 fully saturated rings. The van der Waals surface area contributed by atoms with E-state index in [1.807, 2.05) is 0 Å². The third-order valence-electron chi connectivity index (χ3n) is 1.98. The predicted molar refractivity (Wildman–Crippen MR) is 64.6 cm³/mol. The second-order valence-corrected chi connectivity index (χ2v) is 4.69. The van der Waals surface area contributed by atoms with E-state index in [1.165, 1.54) is 0 Å². The van der Waals surface area contributed by atoms with E-state index >= 15 is 0 Å². The second-order valence-electron chi connectivity index (χ2n) is 3.11. The number of phenolic OH excluding ortho intramolecular Hbond substituents is 2. The quantitative estimate of drug-likeness (QED) is 0.768. The smallest absolute Gasteiger partial charge is 0.138 e. The molecular weight excluding hydrogens is 312 g/mol. The SMILES string of the molecule is C=C(C)c1c(O)c(Br)c(C)c(O)c1Br. The maximum absolute atomic E-state index is 9.81. The zero-order chi connectivity index (χ0) is 11.0. The van der Waals surface area contributed by atoms with Crippen LogP contribution < -0.4 is 0 Å². The lowest BCUT2D eigenvalue weighted by atomic mass is 10.0. The first-order chi connectivity index (χ1) is 6.37. The molecule has 2 nitrogen and oxygen atoms in total. The lowest BCUT2D eigenvalue weighted by Crippen LogP contribution is -1.89. The molecule has 0 aliphatic carbocycles. The average Bonchev–Trinajstić information content (AvgIpc) is 2.11. The molecule has 0 aromatic heterocycles. The van der Waals surface area contributed by atoms with Crippen LogP contribution >= 0.6 is 31.9 Å². The first kappa shape index (κ1) is 11.6. The Bertz CT molecular complexity index is 382. The monoisotopic (exact) mass is 320 g/mol. The fourth-order valence-electron chi connectivity index (χ4n) is 1.17. The fourth-order valence-corrected chi connectivity index (χ4v) is 2.38. The summed E-state index contributed by atoms with van der Waals surface area (Å²) < 4.78 is 0.972. The van der Waals surface area contributed by atoms with Gasteiger partial charge < -0.3 is 10.2 Å². The third kappa shape index (κ3) is 1.68. The first-order valence-electron chi connectivity index (χ1n) is 3.93. The van der Waals surface area contributed by atoms with Crippen molar-refractivity contribution in [1.82, 2.24) is 0 Å². The predicted octanol–water partition coefficient (Wildman–Crippen LogP) is 3.96. The van der Waals surface area contributed by atoms with Gasteiger partial charge in [-0.1, -0.05) is 6.58 Å². The van der Waals surface area contributed by atoms with Gasteiger partial charge in [0.1, 0.15) is 11.5 Å². The molecule has 0 unspecified atom stereocenters. The molecule has 1 aromatic rings. The number of phenols is 2. The molecule has 14 heavy (non-hydrogen) atoms. The summed E-state index contributed by atoms with van der Waals surface area (Å²) in [5.41, 5.74) is 1.81. The molecule has 0 aliphatic rings. The Hall–Kier alpha value is -0.480. The minimum Gasteiger partial charge on any atom is -0.506 e. The van der Waals surface area contributed by atoms with E-state index in [1.54, 1.807) is 13.8 Å². The number of rotatable bonds is 1. The van der Waals surface area contributed by atoms with Gasteiger partial charge in [-0.25, -0.2) is 0 Å². The van der Waals surface area contributed by atoms with Gasteiger partial charge in [0.2, 0.25) is 0 Å². The molecule has 0 saturated carbocycles. The Morgan fingerprint density at radius 2 is 1.64 bits per heavy atom. The van der Waals surface area contributed by atoms with Gasteiger partial charge in [-0.3, -0.25) is 0 Å². The third-order valence-corrected chi connectivity index (χ3v) is 3.73. The van der Waals surface area contributed by atoms with Gasteiger partial charge in [-0.15, -0.1) is 0 Å². The second kappa shape index (κ2) is 3.95. The summed E-state index contributed by atoms with van der Waals surface area (Å²) in [4.78, 5) is 0. The topological polar surface area (TPSA) is 40.5 Å². The van der Waals surface area contributed by atoms with Crippen LogP contribution in [-0.4, -0.2) is 10.2 Å². The van der Waals surface area contributed by atoms with Crippen LogP contribution in [0, 0.1) is 6.92 Å². The molecule has 2 N–H and O–H groups in total. The molecule has 76 valence electrons. The Kier molecular flexibility index (Phi) is 3.27. The summed E-state index contributed by atoms with van der Waals surface area (Å²) in [5, 5.41) is 19.5. The van der Waals surface area contributed by atoms with Crippen molar-refractivity contribution in [3.05, 3.63) is 26.7 Å². The molecule has 0 saturated heterocycles. The van der Waals surface area contributed by atoms with E-state index in [0.29, 0.717) is 25.6 Å². The van der Waals surface area contributed by atoms with Crippen LogP contribution in [0.3, 0.4) is 0 Å². The van der Waals surface area contributed by atoms with Crippen LogP contribution in [0.2, 0.25) is 0 Å². The number of benzene rings is 1. The van der Waals surface area contributed by atoms with Gasteiger partial charge in [0.05, 0.1) is 8.95 Å². The van der Waals surface area contributed by atoms with Crippen molar-refractivity contribution in [1.29, 1.82) is 0 Å². The molecule has 0 amide bonds. The molecule has 0 radical (unpaired) electrons. The van der Waals surface area contributed by atoms with E-state index in [4.69, 9.17) is 0 Å². The number of allylic oxidation sites excluding steroid dienone is 1. The van der Waals surface area contributed by atoms with Gasteiger partial charge in [0.15, 0.2) is 0 Å². The summed E-state index contributed by atoms with van der Waals surface area (Å²) in [6.45, 7) is 7.22. The van der Waals surface area contributed by atoms with Crippen molar-refractivity contribution >= 4 is 37.4 Å². The molecule has 0 atom stereocenters. The Morgan fingerprint density at radius 1 is 1.14 bits per heavy atom. The highest BCUT2D eigenvalue weighted by Crippen LogP contribution is 2.45. The van der Waals surface area contributed by atoms with Crippen LogP contribution in [0.15, 0.2) is 15.5 Å². The van der Waals surface area contributed by atoms with Gasteiger partial charge in [0, 0.05) is 11.1 Å². The number of halogens is 2. The highest BCUT2D eigenvalue weighted by Gasteiger charge is 2.18. The van der Waals surface area contributed by atoms with E-state index in [9.17, 15) is 10.2 Å². The number of hydrogen-bond donors (Lipinski definition) is 2. The minimum atomic E-state index is 0.0969. The fraction of sp³-hybridized carbons (Fsp3) is 0.200. The van der Waals surface area contributed by atoms with E-state index < -0.39 is 0 Å². The number of aromatic hydroxyl groups is 2. The zero-order valence-electron chi connectivity index (χ0n) is 7.86. The first-order valence-corrected chi connectivity index (χ1v) is 5.51. The summed E-state index contributed by atoms with van der Waals surface area (Å²) in [7, 11) is 0. The van der Waals surface area contributed by atoms with Crippen LogP contribution in [-0.2, 0) is 0 Å². The van der Waals surface area contributed by atoms with Crippen molar-refractivity contribution in [2.45, 2.75) is 13.8 Å². The largest absolute Gasteiger partial charge is 0.506 e. The van der Waals surface area contributed by atoms with Crippen molar-refractivity contribution < 1.29 is 10.2 Å². The zero-order valence-corrected chi connectivity index (χ0v) is 11.0. The Labute approximate surface area is 99.5 Å². The normalized spacial score (nSPS) is 10.3. The molecule has 0 aliphatic heterocycles. The highest BCUT2D eigenvalue weighted by atomic mass is 79.9. The van der Waals surface area contributed by atoms with Crippen molar-refractivity contribution in [3.63, 3.8) is 0 Å². The molecule has 0 heterocycles.